The van der Waals surface area contributed by atoms with Gasteiger partial charge in [0.05, 0.1) is 25.4 Å². The predicted octanol–water partition coefficient (Wildman–Crippen LogP) is 0.534. The Labute approximate surface area is 124 Å². The molecule has 0 aromatic carbocycles. The van der Waals surface area contributed by atoms with E-state index in [0.29, 0.717) is 24.9 Å². The van der Waals surface area contributed by atoms with Crippen LogP contribution in [0.25, 0.3) is 0 Å². The van der Waals surface area contributed by atoms with E-state index >= 15 is 0 Å². The van der Waals surface area contributed by atoms with Crippen molar-refractivity contribution < 1.29 is 9.84 Å². The zero-order valence-corrected chi connectivity index (χ0v) is 12.5. The van der Waals surface area contributed by atoms with Crippen molar-refractivity contribution in [1.29, 1.82) is 0 Å². The minimum Gasteiger partial charge on any atom is -0.394 e. The molecule has 1 aromatic heterocycles. The van der Waals surface area contributed by atoms with Gasteiger partial charge < -0.3 is 20.2 Å². The largest absolute Gasteiger partial charge is 0.394 e. The van der Waals surface area contributed by atoms with Gasteiger partial charge in [0.2, 0.25) is 0 Å². The minimum atomic E-state index is -0.172. The van der Waals surface area contributed by atoms with Gasteiger partial charge in [-0.25, -0.2) is 15.8 Å². The summed E-state index contributed by atoms with van der Waals surface area (Å²) in [5, 5.41) is 9.35. The van der Waals surface area contributed by atoms with E-state index in [1.807, 2.05) is 6.92 Å². The third-order valence-electron chi connectivity index (χ3n) is 4.20. The first kappa shape index (κ1) is 14.5. The second-order valence-electron chi connectivity index (χ2n) is 5.94. The number of nitrogen functional groups attached to an aromatic ring is 1. The topological polar surface area (TPSA) is 96.5 Å². The van der Waals surface area contributed by atoms with Gasteiger partial charge in [0.25, 0.3) is 0 Å². The molecule has 21 heavy (non-hydrogen) atoms. The van der Waals surface area contributed by atoms with Crippen molar-refractivity contribution in [2.75, 3.05) is 30.1 Å². The van der Waals surface area contributed by atoms with Crippen molar-refractivity contribution in [1.82, 2.24) is 9.97 Å². The van der Waals surface area contributed by atoms with Crippen LogP contribution in [0.3, 0.4) is 0 Å². The molecule has 1 aliphatic heterocycles. The van der Waals surface area contributed by atoms with Crippen LogP contribution in [0.15, 0.2) is 0 Å². The summed E-state index contributed by atoms with van der Waals surface area (Å²) in [4.78, 5) is 11.5. The molecule has 1 aliphatic carbocycles. The van der Waals surface area contributed by atoms with Gasteiger partial charge in [-0.3, -0.25) is 0 Å². The normalized spacial score (nSPS) is 26.0. The van der Waals surface area contributed by atoms with Crippen LogP contribution in [-0.4, -0.2) is 47.0 Å². The van der Waals surface area contributed by atoms with Crippen molar-refractivity contribution in [3.8, 4) is 0 Å². The molecule has 0 radical (unpaired) electrons. The number of anilines is 2. The summed E-state index contributed by atoms with van der Waals surface area (Å²) >= 11 is 0. The van der Waals surface area contributed by atoms with Gasteiger partial charge in [-0.05, 0) is 26.7 Å². The number of hydrogen-bond donors (Lipinski definition) is 3. The summed E-state index contributed by atoms with van der Waals surface area (Å²) in [6.07, 6.45) is 2.11. The van der Waals surface area contributed by atoms with Gasteiger partial charge >= 0.3 is 0 Å². The molecule has 4 N–H and O–H groups in total. The van der Waals surface area contributed by atoms with E-state index in [9.17, 15) is 5.11 Å². The number of ether oxygens (including phenoxy) is 1. The second kappa shape index (κ2) is 5.75. The predicted molar refractivity (Wildman–Crippen MR) is 80.2 cm³/mol. The standard InChI is InChI=1S/C14H23N5O2/c1-8-7-21-11(6-20)5-19(8)14-9(2)12(18-15)16-13(17-14)10-3-4-10/h8,10-11,20H,3-7,15H2,1-2H3,(H,16,17,18). The zero-order valence-electron chi connectivity index (χ0n) is 12.5. The van der Waals surface area contributed by atoms with Crippen molar-refractivity contribution >= 4 is 11.6 Å². The summed E-state index contributed by atoms with van der Waals surface area (Å²) in [5.74, 6) is 8.51. The average molecular weight is 293 g/mol. The van der Waals surface area contributed by atoms with E-state index in [2.05, 4.69) is 22.2 Å². The summed E-state index contributed by atoms with van der Waals surface area (Å²) in [5.41, 5.74) is 3.62. The number of nitrogens with two attached hydrogens (primary N) is 1. The molecular formula is C14H23N5O2. The average Bonchev–Trinajstić information content (AvgIpc) is 3.33. The molecule has 1 saturated carbocycles. The molecule has 2 fully saturated rings. The fraction of sp³-hybridized carbons (Fsp3) is 0.714. The number of aliphatic hydroxyl groups is 1. The number of nitrogens with zero attached hydrogens (tertiary/aromatic N) is 3. The van der Waals surface area contributed by atoms with E-state index in [4.69, 9.17) is 15.6 Å². The molecule has 2 unspecified atom stereocenters. The van der Waals surface area contributed by atoms with Gasteiger partial charge in [0.1, 0.15) is 17.5 Å². The summed E-state index contributed by atoms with van der Waals surface area (Å²) in [6, 6.07) is 0.207. The third-order valence-corrected chi connectivity index (χ3v) is 4.20. The molecule has 0 spiro atoms. The highest BCUT2D eigenvalue weighted by Gasteiger charge is 2.32. The van der Waals surface area contributed by atoms with E-state index in [1.54, 1.807) is 0 Å². The number of morpholine rings is 1. The van der Waals surface area contributed by atoms with Crippen LogP contribution >= 0.6 is 0 Å². The maximum Gasteiger partial charge on any atom is 0.148 e. The third kappa shape index (κ3) is 2.81. The van der Waals surface area contributed by atoms with Crippen LogP contribution in [-0.2, 0) is 4.74 Å². The highest BCUT2D eigenvalue weighted by Crippen LogP contribution is 2.40. The Morgan fingerprint density at radius 3 is 2.81 bits per heavy atom. The van der Waals surface area contributed by atoms with Crippen LogP contribution in [0.2, 0.25) is 0 Å². The number of hydrogen-bond acceptors (Lipinski definition) is 7. The molecule has 2 atom stereocenters. The maximum absolute atomic E-state index is 9.35. The van der Waals surface area contributed by atoms with Crippen molar-refractivity contribution in [3.63, 3.8) is 0 Å². The van der Waals surface area contributed by atoms with Crippen molar-refractivity contribution in [2.45, 2.75) is 44.8 Å². The van der Waals surface area contributed by atoms with Gasteiger partial charge in [-0.15, -0.1) is 0 Å². The van der Waals surface area contributed by atoms with Crippen LogP contribution in [0, 0.1) is 6.92 Å². The molecular weight excluding hydrogens is 270 g/mol. The Morgan fingerprint density at radius 2 is 2.19 bits per heavy atom. The Balaban J connectivity index is 1.97. The molecule has 7 heteroatoms. The van der Waals surface area contributed by atoms with Crippen LogP contribution in [0.4, 0.5) is 11.6 Å². The summed E-state index contributed by atoms with van der Waals surface area (Å²) < 4.78 is 5.60. The van der Waals surface area contributed by atoms with Crippen LogP contribution in [0.1, 0.15) is 37.1 Å². The Hall–Kier alpha value is -1.44. The number of hydrazine groups is 1. The van der Waals surface area contributed by atoms with E-state index < -0.39 is 0 Å². The molecule has 116 valence electrons. The lowest BCUT2D eigenvalue weighted by molar-refractivity contribution is -0.0106. The minimum absolute atomic E-state index is 0.0187. The molecule has 2 heterocycles. The van der Waals surface area contributed by atoms with Crippen molar-refractivity contribution in [3.05, 3.63) is 11.4 Å². The molecule has 0 amide bonds. The Kier molecular flexibility index (Phi) is 3.97. The lowest BCUT2D eigenvalue weighted by Gasteiger charge is -2.39. The Bertz CT molecular complexity index is 520. The molecule has 0 bridgehead atoms. The highest BCUT2D eigenvalue weighted by atomic mass is 16.5. The quantitative estimate of drug-likeness (QED) is 0.550. The SMILES string of the molecule is Cc1c(NN)nc(C2CC2)nc1N1CC(CO)OCC1C. The first-order valence-corrected chi connectivity index (χ1v) is 7.48. The van der Waals surface area contributed by atoms with Crippen LogP contribution in [0.5, 0.6) is 0 Å². The maximum atomic E-state index is 9.35. The fourth-order valence-corrected chi connectivity index (χ4v) is 2.69. The van der Waals surface area contributed by atoms with Gasteiger partial charge in [0.15, 0.2) is 0 Å². The van der Waals surface area contributed by atoms with Gasteiger partial charge in [-0.1, -0.05) is 0 Å². The van der Waals surface area contributed by atoms with Gasteiger partial charge in [0, 0.05) is 18.0 Å². The number of rotatable bonds is 4. The van der Waals surface area contributed by atoms with E-state index in [1.165, 1.54) is 0 Å². The first-order chi connectivity index (χ1) is 10.1. The van der Waals surface area contributed by atoms with Crippen molar-refractivity contribution in [2.24, 2.45) is 5.84 Å². The number of aromatic nitrogens is 2. The molecule has 3 rings (SSSR count). The molecule has 1 saturated heterocycles. The molecule has 2 aliphatic rings. The smallest absolute Gasteiger partial charge is 0.148 e. The molecule has 1 aromatic rings. The van der Waals surface area contributed by atoms with Gasteiger partial charge in [-0.2, -0.15) is 0 Å². The number of nitrogens with one attached hydrogen (secondary N) is 1. The Morgan fingerprint density at radius 1 is 1.43 bits per heavy atom. The second-order valence-corrected chi connectivity index (χ2v) is 5.94. The van der Waals surface area contributed by atoms with E-state index in [0.717, 1.165) is 30.0 Å². The molecule has 7 nitrogen and oxygen atoms in total. The highest BCUT2D eigenvalue weighted by molar-refractivity contribution is 5.59. The number of aliphatic hydroxyl groups excluding tert-OH is 1. The lowest BCUT2D eigenvalue weighted by atomic mass is 10.1. The zero-order chi connectivity index (χ0) is 15.0. The first-order valence-electron chi connectivity index (χ1n) is 7.48. The summed E-state index contributed by atoms with van der Waals surface area (Å²) in [7, 11) is 0. The monoisotopic (exact) mass is 293 g/mol. The van der Waals surface area contributed by atoms with Crippen LogP contribution < -0.4 is 16.2 Å². The lowest BCUT2D eigenvalue weighted by Crippen LogP contribution is -2.50. The van der Waals surface area contributed by atoms with E-state index in [-0.39, 0.29) is 18.8 Å². The fourth-order valence-electron chi connectivity index (χ4n) is 2.69. The summed E-state index contributed by atoms with van der Waals surface area (Å²) in [6.45, 7) is 5.30.